The fraction of sp³-hybridized carbons (Fsp3) is 0.0952. The number of fused-ring (bicyclic) bond motifs is 2. The topological polar surface area (TPSA) is 81.9 Å². The van der Waals surface area contributed by atoms with E-state index in [1.807, 2.05) is 6.07 Å². The minimum absolute atomic E-state index is 0.0741. The lowest BCUT2D eigenvalue weighted by molar-refractivity contribution is 0.0949. The molecule has 1 N–H and O–H groups in total. The third kappa shape index (κ3) is 3.18. The molecule has 5 rings (SSSR count). The van der Waals surface area contributed by atoms with E-state index in [0.717, 1.165) is 5.56 Å². The van der Waals surface area contributed by atoms with Gasteiger partial charge in [-0.15, -0.1) is 11.3 Å². The van der Waals surface area contributed by atoms with Crippen LogP contribution in [-0.2, 0) is 6.54 Å². The first-order valence-electron chi connectivity index (χ1n) is 9.02. The predicted octanol–water partition coefficient (Wildman–Crippen LogP) is 3.22. The van der Waals surface area contributed by atoms with Gasteiger partial charge in [0.05, 0.1) is 5.69 Å². The zero-order chi connectivity index (χ0) is 20.7. The fourth-order valence-corrected chi connectivity index (χ4v) is 4.06. The number of carbonyl (C=O) groups excluding carboxylic acids is 1. The largest absolute Gasteiger partial charge is 0.454 e. The number of halogens is 1. The summed E-state index contributed by atoms with van der Waals surface area (Å²) in [6.45, 7) is 0.386. The van der Waals surface area contributed by atoms with Gasteiger partial charge in [0.2, 0.25) is 6.79 Å². The van der Waals surface area contributed by atoms with Gasteiger partial charge in [0.1, 0.15) is 11.4 Å². The average Bonchev–Trinajstić information content (AvgIpc) is 3.40. The summed E-state index contributed by atoms with van der Waals surface area (Å²) in [5.41, 5.74) is 1.46. The quantitative estimate of drug-likeness (QED) is 0.545. The van der Waals surface area contributed by atoms with E-state index in [1.165, 1.54) is 34.1 Å². The minimum Gasteiger partial charge on any atom is -0.454 e. The zero-order valence-electron chi connectivity index (χ0n) is 15.4. The van der Waals surface area contributed by atoms with Gasteiger partial charge in [0.25, 0.3) is 11.5 Å². The minimum atomic E-state index is -0.532. The Labute approximate surface area is 173 Å². The third-order valence-corrected chi connectivity index (χ3v) is 5.56. The van der Waals surface area contributed by atoms with E-state index < -0.39 is 11.5 Å². The number of hydrogen-bond donors (Lipinski definition) is 1. The summed E-state index contributed by atoms with van der Waals surface area (Å²) in [4.78, 5) is 30.4. The van der Waals surface area contributed by atoms with Gasteiger partial charge in [0.15, 0.2) is 16.5 Å². The third-order valence-electron chi connectivity index (χ3n) is 4.72. The summed E-state index contributed by atoms with van der Waals surface area (Å²) in [6, 6.07) is 11.2. The number of hydrogen-bond acceptors (Lipinski definition) is 6. The molecule has 30 heavy (non-hydrogen) atoms. The Hall–Kier alpha value is -3.72. The van der Waals surface area contributed by atoms with Crippen molar-refractivity contribution in [1.29, 1.82) is 0 Å². The highest BCUT2D eigenvalue weighted by Crippen LogP contribution is 2.32. The highest BCUT2D eigenvalue weighted by atomic mass is 32.1. The zero-order valence-corrected chi connectivity index (χ0v) is 16.2. The van der Waals surface area contributed by atoms with Crippen LogP contribution in [0.1, 0.15) is 15.9 Å². The van der Waals surface area contributed by atoms with Crippen molar-refractivity contribution in [3.05, 3.63) is 81.3 Å². The first-order chi connectivity index (χ1) is 14.6. The molecule has 2 aromatic carbocycles. The van der Waals surface area contributed by atoms with Gasteiger partial charge in [-0.05, 0) is 47.5 Å². The first-order valence-corrected chi connectivity index (χ1v) is 9.90. The summed E-state index contributed by atoms with van der Waals surface area (Å²) in [6.07, 6.45) is 1.28. The van der Waals surface area contributed by atoms with Gasteiger partial charge in [-0.25, -0.2) is 9.37 Å². The van der Waals surface area contributed by atoms with Gasteiger partial charge in [-0.2, -0.15) is 0 Å². The number of carbonyl (C=O) groups is 1. The van der Waals surface area contributed by atoms with Crippen LogP contribution in [0.25, 0.3) is 16.2 Å². The lowest BCUT2D eigenvalue weighted by Crippen LogP contribution is -2.31. The number of benzene rings is 2. The number of thiazole rings is 1. The van der Waals surface area contributed by atoms with Crippen LogP contribution >= 0.6 is 11.3 Å². The molecule has 2 aromatic heterocycles. The molecule has 0 unspecified atom stereocenters. The Morgan fingerprint density at radius 2 is 1.97 bits per heavy atom. The van der Waals surface area contributed by atoms with Crippen LogP contribution in [0.5, 0.6) is 11.5 Å². The van der Waals surface area contributed by atoms with E-state index >= 15 is 0 Å². The Balaban J connectivity index is 1.43. The predicted molar refractivity (Wildman–Crippen MR) is 108 cm³/mol. The number of aromatic nitrogens is 2. The molecule has 0 fully saturated rings. The second-order valence-corrected chi connectivity index (χ2v) is 7.43. The molecule has 4 aromatic rings. The highest BCUT2D eigenvalue weighted by molar-refractivity contribution is 7.15. The number of rotatable bonds is 4. The van der Waals surface area contributed by atoms with Crippen LogP contribution in [-0.4, -0.2) is 22.1 Å². The van der Waals surface area contributed by atoms with Crippen molar-refractivity contribution in [3.8, 4) is 22.8 Å². The van der Waals surface area contributed by atoms with Crippen molar-refractivity contribution < 1.29 is 18.7 Å². The van der Waals surface area contributed by atoms with Crippen molar-refractivity contribution >= 4 is 22.2 Å². The number of nitrogens with zero attached hydrogens (tertiary/aromatic N) is 2. The van der Waals surface area contributed by atoms with E-state index in [4.69, 9.17) is 9.47 Å². The molecule has 0 spiro atoms. The molecular weight excluding hydrogens is 409 g/mol. The average molecular weight is 423 g/mol. The molecule has 3 heterocycles. The molecule has 150 valence electrons. The van der Waals surface area contributed by atoms with Gasteiger partial charge >= 0.3 is 0 Å². The van der Waals surface area contributed by atoms with E-state index in [-0.39, 0.29) is 24.7 Å². The van der Waals surface area contributed by atoms with Crippen LogP contribution in [0.15, 0.2) is 58.8 Å². The Morgan fingerprint density at radius 1 is 1.17 bits per heavy atom. The summed E-state index contributed by atoms with van der Waals surface area (Å²) in [5.74, 6) is 0.374. The molecule has 0 radical (unpaired) electrons. The lowest BCUT2D eigenvalue weighted by atomic mass is 10.1. The maximum Gasteiger partial charge on any atom is 0.271 e. The van der Waals surface area contributed by atoms with Gasteiger partial charge in [0, 0.05) is 18.1 Å². The molecule has 0 saturated carbocycles. The Morgan fingerprint density at radius 3 is 2.80 bits per heavy atom. The molecule has 9 heteroatoms. The number of nitrogens with one attached hydrogen (secondary N) is 1. The summed E-state index contributed by atoms with van der Waals surface area (Å²) in [5, 5.41) is 4.49. The first kappa shape index (κ1) is 18.3. The van der Waals surface area contributed by atoms with Gasteiger partial charge < -0.3 is 14.8 Å². The monoisotopic (exact) mass is 423 g/mol. The molecule has 0 aliphatic carbocycles. The second kappa shape index (κ2) is 7.27. The molecule has 7 nitrogen and oxygen atoms in total. The van der Waals surface area contributed by atoms with Crippen molar-refractivity contribution in [2.75, 3.05) is 6.79 Å². The standard InChI is InChI=1S/C21H14FN3O4S/c22-14-4-2-13(3-5-14)16-10-30-21-24-9-15(20(27)25(16)21)19(26)23-8-12-1-6-17-18(7-12)29-11-28-17/h1-7,9-10H,8,11H2,(H,23,26). The number of amides is 1. The van der Waals surface area contributed by atoms with E-state index in [9.17, 15) is 14.0 Å². The lowest BCUT2D eigenvalue weighted by Gasteiger charge is -2.07. The van der Waals surface area contributed by atoms with Gasteiger partial charge in [-0.1, -0.05) is 6.07 Å². The van der Waals surface area contributed by atoms with E-state index in [2.05, 4.69) is 10.3 Å². The Bertz CT molecular complexity index is 1330. The van der Waals surface area contributed by atoms with Crippen molar-refractivity contribution in [3.63, 3.8) is 0 Å². The maximum atomic E-state index is 13.2. The molecule has 1 aliphatic heterocycles. The van der Waals surface area contributed by atoms with Crippen molar-refractivity contribution in [1.82, 2.24) is 14.7 Å². The van der Waals surface area contributed by atoms with E-state index in [1.54, 1.807) is 29.6 Å². The molecule has 1 aliphatic rings. The summed E-state index contributed by atoms with van der Waals surface area (Å²) >= 11 is 1.27. The highest BCUT2D eigenvalue weighted by Gasteiger charge is 2.18. The van der Waals surface area contributed by atoms with E-state index in [0.29, 0.717) is 27.7 Å². The molecular formula is C21H14FN3O4S. The van der Waals surface area contributed by atoms with Crippen molar-refractivity contribution in [2.45, 2.75) is 6.54 Å². The van der Waals surface area contributed by atoms with Gasteiger partial charge in [-0.3, -0.25) is 14.0 Å². The summed E-state index contributed by atoms with van der Waals surface area (Å²) in [7, 11) is 0. The van der Waals surface area contributed by atoms with Crippen LogP contribution in [0, 0.1) is 5.82 Å². The molecule has 0 atom stereocenters. The smallest absolute Gasteiger partial charge is 0.271 e. The SMILES string of the molecule is O=C(NCc1ccc2c(c1)OCO2)c1cnc2scc(-c3ccc(F)cc3)n2c1=O. The van der Waals surface area contributed by atoms with Crippen LogP contribution < -0.4 is 20.3 Å². The summed E-state index contributed by atoms with van der Waals surface area (Å²) < 4.78 is 25.2. The number of ether oxygens (including phenoxy) is 2. The van der Waals surface area contributed by atoms with Crippen LogP contribution in [0.2, 0.25) is 0 Å². The maximum absolute atomic E-state index is 13.2. The molecule has 1 amide bonds. The molecule has 0 bridgehead atoms. The normalized spacial score (nSPS) is 12.3. The van der Waals surface area contributed by atoms with Crippen LogP contribution in [0.4, 0.5) is 4.39 Å². The fourth-order valence-electron chi connectivity index (χ4n) is 3.20. The molecule has 0 saturated heterocycles. The second-order valence-electron chi connectivity index (χ2n) is 6.59. The van der Waals surface area contributed by atoms with Crippen molar-refractivity contribution in [2.24, 2.45) is 0 Å². The Kier molecular flexibility index (Phi) is 4.44. The van der Waals surface area contributed by atoms with Crippen LogP contribution in [0.3, 0.4) is 0 Å².